The molecule has 0 aliphatic carbocycles. The van der Waals surface area contributed by atoms with Gasteiger partial charge in [0.05, 0.1) is 11.0 Å². The van der Waals surface area contributed by atoms with Crippen molar-refractivity contribution >= 4 is 22.7 Å². The van der Waals surface area contributed by atoms with E-state index in [-0.39, 0.29) is 0 Å². The normalized spacial score (nSPS) is 12.8. The van der Waals surface area contributed by atoms with Crippen molar-refractivity contribution in [3.8, 4) is 10.7 Å². The molecule has 0 saturated carbocycles. The highest BCUT2D eigenvalue weighted by atomic mass is 32.1. The van der Waals surface area contributed by atoms with Crippen molar-refractivity contribution in [2.24, 2.45) is 0 Å². The zero-order chi connectivity index (χ0) is 13.0. The number of hydrogen-bond acceptors (Lipinski definition) is 6. The van der Waals surface area contributed by atoms with Crippen LogP contribution in [0.3, 0.4) is 0 Å². The maximum absolute atomic E-state index is 4.45. The van der Waals surface area contributed by atoms with Crippen LogP contribution in [0.4, 0.5) is 0 Å². The monoisotopic (exact) mass is 282 g/mol. The van der Waals surface area contributed by atoms with Crippen molar-refractivity contribution in [3.63, 3.8) is 0 Å². The molecule has 0 aliphatic heterocycles. The van der Waals surface area contributed by atoms with Crippen molar-refractivity contribution in [2.45, 2.75) is 39.7 Å². The molecular weight excluding hydrogens is 264 g/mol. The van der Waals surface area contributed by atoms with E-state index >= 15 is 0 Å². The first-order valence-electron chi connectivity index (χ1n) is 6.23. The number of thiazole rings is 1. The minimum Gasteiger partial charge on any atom is -0.308 e. The van der Waals surface area contributed by atoms with Crippen LogP contribution in [0, 0.1) is 6.92 Å². The van der Waals surface area contributed by atoms with Crippen molar-refractivity contribution in [1.82, 2.24) is 20.5 Å². The lowest BCUT2D eigenvalue weighted by Gasteiger charge is -2.12. The van der Waals surface area contributed by atoms with E-state index in [0.29, 0.717) is 6.04 Å². The van der Waals surface area contributed by atoms with Gasteiger partial charge < -0.3 is 5.32 Å². The highest BCUT2D eigenvalue weighted by molar-refractivity contribution is 7.15. The van der Waals surface area contributed by atoms with Crippen LogP contribution >= 0.6 is 22.7 Å². The third-order valence-corrected chi connectivity index (χ3v) is 4.46. The average molecular weight is 282 g/mol. The van der Waals surface area contributed by atoms with Gasteiger partial charge in [0.25, 0.3) is 0 Å². The second-order valence-corrected chi connectivity index (χ2v) is 6.18. The van der Waals surface area contributed by atoms with E-state index in [4.69, 9.17) is 0 Å². The van der Waals surface area contributed by atoms with Crippen LogP contribution in [0.25, 0.3) is 10.7 Å². The number of hydrogen-bond donors (Lipinski definition) is 1. The summed E-state index contributed by atoms with van der Waals surface area (Å²) >= 11 is 3.29. The van der Waals surface area contributed by atoms with Crippen molar-refractivity contribution in [1.29, 1.82) is 0 Å². The lowest BCUT2D eigenvalue weighted by molar-refractivity contribution is 0.513. The zero-order valence-corrected chi connectivity index (χ0v) is 12.6. The Hall–Kier alpha value is -0.850. The summed E-state index contributed by atoms with van der Waals surface area (Å²) in [6.07, 6.45) is 2.16. The molecule has 0 amide bonds. The molecule has 2 rings (SSSR count). The zero-order valence-electron chi connectivity index (χ0n) is 10.9. The maximum Gasteiger partial charge on any atom is 0.167 e. The standard InChI is InChI=1S/C12H18N4S2/c1-4-6-13-9(5-2)11-15-16-12(18-11)10-7-17-8(3)14-10/h7,9,13H,4-6H2,1-3H3. The van der Waals surface area contributed by atoms with E-state index in [2.05, 4.69) is 34.3 Å². The predicted molar refractivity (Wildman–Crippen MR) is 77.1 cm³/mol. The highest BCUT2D eigenvalue weighted by Crippen LogP contribution is 2.28. The average Bonchev–Trinajstić information content (AvgIpc) is 2.99. The SMILES string of the molecule is CCCNC(CC)c1nnc(-c2csc(C)n2)s1. The van der Waals surface area contributed by atoms with Crippen molar-refractivity contribution in [3.05, 3.63) is 15.4 Å². The van der Waals surface area contributed by atoms with Gasteiger partial charge in [0.15, 0.2) is 5.01 Å². The fourth-order valence-electron chi connectivity index (χ4n) is 1.67. The Morgan fingerprint density at radius 3 is 2.78 bits per heavy atom. The van der Waals surface area contributed by atoms with Crippen LogP contribution in [0.5, 0.6) is 0 Å². The molecule has 0 aromatic carbocycles. The van der Waals surface area contributed by atoms with E-state index < -0.39 is 0 Å². The first-order chi connectivity index (χ1) is 8.74. The molecule has 0 radical (unpaired) electrons. The Bertz CT molecular complexity index is 492. The lowest BCUT2D eigenvalue weighted by atomic mass is 10.2. The molecule has 98 valence electrons. The molecule has 1 unspecified atom stereocenters. The van der Waals surface area contributed by atoms with E-state index in [9.17, 15) is 0 Å². The molecule has 2 aromatic heterocycles. The van der Waals surface area contributed by atoms with Crippen molar-refractivity contribution < 1.29 is 0 Å². The van der Waals surface area contributed by atoms with Gasteiger partial charge in [-0.15, -0.1) is 21.5 Å². The third kappa shape index (κ3) is 3.13. The van der Waals surface area contributed by atoms with Gasteiger partial charge in [-0.2, -0.15) is 0 Å². The molecule has 18 heavy (non-hydrogen) atoms. The van der Waals surface area contributed by atoms with Crippen LogP contribution in [0.2, 0.25) is 0 Å². The van der Waals surface area contributed by atoms with Crippen LogP contribution in [-0.2, 0) is 0 Å². The molecule has 0 saturated heterocycles. The summed E-state index contributed by atoms with van der Waals surface area (Å²) < 4.78 is 0. The minimum atomic E-state index is 0.316. The Morgan fingerprint density at radius 1 is 1.33 bits per heavy atom. The minimum absolute atomic E-state index is 0.316. The maximum atomic E-state index is 4.45. The number of aryl methyl sites for hydroxylation is 1. The fourth-order valence-corrected chi connectivity index (χ4v) is 3.30. The van der Waals surface area contributed by atoms with E-state index in [0.717, 1.165) is 40.1 Å². The Labute approximate surface area is 116 Å². The largest absolute Gasteiger partial charge is 0.308 e. The van der Waals surface area contributed by atoms with Gasteiger partial charge in [-0.1, -0.05) is 25.2 Å². The number of nitrogens with zero attached hydrogens (tertiary/aromatic N) is 3. The lowest BCUT2D eigenvalue weighted by Crippen LogP contribution is -2.21. The summed E-state index contributed by atoms with van der Waals surface area (Å²) in [5.41, 5.74) is 0.951. The molecule has 0 aliphatic rings. The van der Waals surface area contributed by atoms with Crippen LogP contribution < -0.4 is 5.32 Å². The molecule has 1 N–H and O–H groups in total. The number of nitrogens with one attached hydrogen (secondary N) is 1. The van der Waals surface area contributed by atoms with Crippen molar-refractivity contribution in [2.75, 3.05) is 6.54 Å². The molecule has 0 bridgehead atoms. The van der Waals surface area contributed by atoms with Crippen LogP contribution in [0.1, 0.15) is 42.7 Å². The molecule has 6 heteroatoms. The van der Waals surface area contributed by atoms with Gasteiger partial charge in [-0.3, -0.25) is 0 Å². The van der Waals surface area contributed by atoms with Gasteiger partial charge in [-0.25, -0.2) is 4.98 Å². The summed E-state index contributed by atoms with van der Waals surface area (Å²) in [6.45, 7) is 7.36. The smallest absolute Gasteiger partial charge is 0.167 e. The van der Waals surface area contributed by atoms with Gasteiger partial charge in [0.2, 0.25) is 0 Å². The van der Waals surface area contributed by atoms with Crippen LogP contribution in [-0.4, -0.2) is 21.7 Å². The molecule has 1 atom stereocenters. The van der Waals surface area contributed by atoms with Gasteiger partial charge in [-0.05, 0) is 26.3 Å². The molecule has 0 fully saturated rings. The topological polar surface area (TPSA) is 50.7 Å². The summed E-state index contributed by atoms with van der Waals surface area (Å²) in [5, 5.41) is 17.1. The molecular formula is C12H18N4S2. The molecule has 2 aromatic rings. The summed E-state index contributed by atoms with van der Waals surface area (Å²) in [4.78, 5) is 4.45. The quantitative estimate of drug-likeness (QED) is 0.882. The summed E-state index contributed by atoms with van der Waals surface area (Å²) in [7, 11) is 0. The molecule has 4 nitrogen and oxygen atoms in total. The van der Waals surface area contributed by atoms with E-state index in [1.807, 2.05) is 12.3 Å². The predicted octanol–water partition coefficient (Wildman–Crippen LogP) is 3.42. The number of rotatable bonds is 6. The first kappa shape index (κ1) is 13.6. The Morgan fingerprint density at radius 2 is 2.17 bits per heavy atom. The highest BCUT2D eigenvalue weighted by Gasteiger charge is 2.16. The van der Waals surface area contributed by atoms with E-state index in [1.165, 1.54) is 0 Å². The van der Waals surface area contributed by atoms with Gasteiger partial charge in [0.1, 0.15) is 10.7 Å². The first-order valence-corrected chi connectivity index (χ1v) is 7.93. The van der Waals surface area contributed by atoms with E-state index in [1.54, 1.807) is 22.7 Å². The Balaban J connectivity index is 2.13. The fraction of sp³-hybridized carbons (Fsp3) is 0.583. The second-order valence-electron chi connectivity index (χ2n) is 4.11. The Kier molecular flexibility index (Phi) is 4.79. The summed E-state index contributed by atoms with van der Waals surface area (Å²) in [5.74, 6) is 0. The van der Waals surface area contributed by atoms with Crippen LogP contribution in [0.15, 0.2) is 5.38 Å². The molecule has 2 heterocycles. The van der Waals surface area contributed by atoms with Gasteiger partial charge >= 0.3 is 0 Å². The number of aromatic nitrogens is 3. The summed E-state index contributed by atoms with van der Waals surface area (Å²) in [6, 6.07) is 0.316. The molecule has 0 spiro atoms. The third-order valence-electron chi connectivity index (χ3n) is 2.63. The van der Waals surface area contributed by atoms with Gasteiger partial charge in [0, 0.05) is 5.38 Å². The second kappa shape index (κ2) is 6.36.